The van der Waals surface area contributed by atoms with E-state index in [4.69, 9.17) is 4.74 Å². The van der Waals surface area contributed by atoms with E-state index in [0.717, 1.165) is 12.8 Å². The highest BCUT2D eigenvalue weighted by atomic mass is 16.5. The summed E-state index contributed by atoms with van der Waals surface area (Å²) >= 11 is 0. The zero-order valence-electron chi connectivity index (χ0n) is 12.6. The number of carbonyl (C=O) groups excluding carboxylic acids is 2. The minimum atomic E-state index is -0.178. The standard InChI is InChI=1S/C16H22N2O3/c1-11(19)17-14-10-13(7-8-15(14)21-2)18-16(20)9-12-5-3-4-6-12/h7-8,10,12H,3-6,9H2,1-2H3,(H,17,19)(H,18,20). The third-order valence-corrected chi connectivity index (χ3v) is 3.74. The predicted octanol–water partition coefficient (Wildman–Crippen LogP) is 3.17. The molecule has 0 aliphatic heterocycles. The van der Waals surface area contributed by atoms with Gasteiger partial charge in [0.15, 0.2) is 0 Å². The Bertz CT molecular complexity index is 522. The molecule has 0 unspecified atom stereocenters. The van der Waals surface area contributed by atoms with Gasteiger partial charge in [0.25, 0.3) is 0 Å². The summed E-state index contributed by atoms with van der Waals surface area (Å²) in [4.78, 5) is 23.2. The molecular formula is C16H22N2O3. The van der Waals surface area contributed by atoms with E-state index in [2.05, 4.69) is 10.6 Å². The van der Waals surface area contributed by atoms with Gasteiger partial charge in [-0.1, -0.05) is 12.8 Å². The van der Waals surface area contributed by atoms with Gasteiger partial charge in [0.2, 0.25) is 11.8 Å². The first-order valence-corrected chi connectivity index (χ1v) is 7.34. The number of carbonyl (C=O) groups is 2. The second-order valence-corrected chi connectivity index (χ2v) is 5.50. The largest absolute Gasteiger partial charge is 0.495 e. The van der Waals surface area contributed by atoms with Crippen LogP contribution in [0, 0.1) is 5.92 Å². The lowest BCUT2D eigenvalue weighted by Gasteiger charge is -2.13. The van der Waals surface area contributed by atoms with E-state index in [-0.39, 0.29) is 11.8 Å². The maximum absolute atomic E-state index is 12.0. The van der Waals surface area contributed by atoms with Crippen LogP contribution >= 0.6 is 0 Å². The second-order valence-electron chi connectivity index (χ2n) is 5.50. The molecule has 21 heavy (non-hydrogen) atoms. The van der Waals surface area contributed by atoms with Crippen molar-refractivity contribution in [2.24, 2.45) is 5.92 Å². The number of hydrogen-bond donors (Lipinski definition) is 2. The lowest BCUT2D eigenvalue weighted by Crippen LogP contribution is -2.15. The number of benzene rings is 1. The molecule has 5 heteroatoms. The van der Waals surface area contributed by atoms with Gasteiger partial charge >= 0.3 is 0 Å². The van der Waals surface area contributed by atoms with Crippen LogP contribution in [0.25, 0.3) is 0 Å². The second kappa shape index (κ2) is 7.11. The molecule has 1 aliphatic rings. The summed E-state index contributed by atoms with van der Waals surface area (Å²) in [5.41, 5.74) is 1.23. The highest BCUT2D eigenvalue weighted by Crippen LogP contribution is 2.30. The van der Waals surface area contributed by atoms with Crippen molar-refractivity contribution in [2.45, 2.75) is 39.0 Å². The van der Waals surface area contributed by atoms with Gasteiger partial charge in [-0.25, -0.2) is 0 Å². The summed E-state index contributed by atoms with van der Waals surface area (Å²) < 4.78 is 5.19. The molecule has 0 radical (unpaired) electrons. The zero-order valence-corrected chi connectivity index (χ0v) is 12.6. The van der Waals surface area contributed by atoms with Gasteiger partial charge in [-0.15, -0.1) is 0 Å². The monoisotopic (exact) mass is 290 g/mol. The molecule has 2 rings (SSSR count). The summed E-state index contributed by atoms with van der Waals surface area (Å²) in [7, 11) is 1.54. The first kappa shape index (κ1) is 15.4. The molecule has 0 atom stereocenters. The molecule has 2 N–H and O–H groups in total. The summed E-state index contributed by atoms with van der Waals surface area (Å²) in [5.74, 6) is 0.931. The van der Waals surface area contributed by atoms with Crippen molar-refractivity contribution in [2.75, 3.05) is 17.7 Å². The Morgan fingerprint density at radius 2 is 1.95 bits per heavy atom. The van der Waals surface area contributed by atoms with Crippen LogP contribution in [0.4, 0.5) is 11.4 Å². The number of ether oxygens (including phenoxy) is 1. The molecule has 5 nitrogen and oxygen atoms in total. The van der Waals surface area contributed by atoms with Gasteiger partial charge in [0.1, 0.15) is 5.75 Å². The van der Waals surface area contributed by atoms with Crippen molar-refractivity contribution >= 4 is 23.2 Å². The van der Waals surface area contributed by atoms with Gasteiger partial charge < -0.3 is 15.4 Å². The maximum Gasteiger partial charge on any atom is 0.224 e. The Morgan fingerprint density at radius 1 is 1.24 bits per heavy atom. The van der Waals surface area contributed by atoms with Gasteiger partial charge in [-0.2, -0.15) is 0 Å². The first-order chi connectivity index (χ1) is 10.1. The van der Waals surface area contributed by atoms with Crippen LogP contribution in [0.15, 0.2) is 18.2 Å². The number of anilines is 2. The normalized spacial score (nSPS) is 14.8. The van der Waals surface area contributed by atoms with Gasteiger partial charge in [0.05, 0.1) is 12.8 Å². The molecule has 1 aromatic rings. The quantitative estimate of drug-likeness (QED) is 0.875. The van der Waals surface area contributed by atoms with E-state index >= 15 is 0 Å². The van der Waals surface area contributed by atoms with Crippen LogP contribution in [0.1, 0.15) is 39.0 Å². The van der Waals surface area contributed by atoms with Gasteiger partial charge in [0, 0.05) is 19.0 Å². The van der Waals surface area contributed by atoms with Gasteiger partial charge in [-0.05, 0) is 37.0 Å². The van der Waals surface area contributed by atoms with E-state index in [1.54, 1.807) is 25.3 Å². The van der Waals surface area contributed by atoms with Crippen LogP contribution in [0.2, 0.25) is 0 Å². The number of rotatable bonds is 5. The summed E-state index contributed by atoms with van der Waals surface area (Å²) in [6.07, 6.45) is 5.32. The summed E-state index contributed by atoms with van der Waals surface area (Å²) in [6.45, 7) is 1.44. The average molecular weight is 290 g/mol. The van der Waals surface area contributed by atoms with Crippen LogP contribution in [0.5, 0.6) is 5.75 Å². The van der Waals surface area contributed by atoms with Crippen molar-refractivity contribution < 1.29 is 14.3 Å². The van der Waals surface area contributed by atoms with Crippen molar-refractivity contribution in [3.8, 4) is 5.75 Å². The molecular weight excluding hydrogens is 268 g/mol. The van der Waals surface area contributed by atoms with Crippen molar-refractivity contribution in [3.05, 3.63) is 18.2 Å². The molecule has 1 saturated carbocycles. The minimum Gasteiger partial charge on any atom is -0.495 e. The minimum absolute atomic E-state index is 0.0286. The SMILES string of the molecule is COc1ccc(NC(=O)CC2CCCC2)cc1NC(C)=O. The lowest BCUT2D eigenvalue weighted by molar-refractivity contribution is -0.117. The number of nitrogens with one attached hydrogen (secondary N) is 2. The molecule has 2 amide bonds. The predicted molar refractivity (Wildman–Crippen MR) is 82.5 cm³/mol. The maximum atomic E-state index is 12.0. The zero-order chi connectivity index (χ0) is 15.2. The molecule has 114 valence electrons. The topological polar surface area (TPSA) is 67.4 Å². The molecule has 1 aromatic carbocycles. The average Bonchev–Trinajstić information content (AvgIpc) is 2.91. The fourth-order valence-corrected chi connectivity index (χ4v) is 2.76. The van der Waals surface area contributed by atoms with E-state index in [9.17, 15) is 9.59 Å². The Morgan fingerprint density at radius 3 is 2.57 bits per heavy atom. The fraction of sp³-hybridized carbons (Fsp3) is 0.500. The Kier molecular flexibility index (Phi) is 5.20. The highest BCUT2D eigenvalue weighted by Gasteiger charge is 2.18. The Hall–Kier alpha value is -2.04. The number of methoxy groups -OCH3 is 1. The smallest absolute Gasteiger partial charge is 0.224 e. The van der Waals surface area contributed by atoms with Crippen LogP contribution < -0.4 is 15.4 Å². The number of amides is 2. The highest BCUT2D eigenvalue weighted by molar-refractivity contribution is 5.94. The number of hydrogen-bond acceptors (Lipinski definition) is 3. The van der Waals surface area contributed by atoms with Gasteiger partial charge in [-0.3, -0.25) is 9.59 Å². The summed E-state index contributed by atoms with van der Waals surface area (Å²) in [5, 5.41) is 5.58. The fourth-order valence-electron chi connectivity index (χ4n) is 2.76. The Balaban J connectivity index is 2.01. The molecule has 0 saturated heterocycles. The molecule has 0 bridgehead atoms. The van der Waals surface area contributed by atoms with E-state index in [1.807, 2.05) is 0 Å². The van der Waals surface area contributed by atoms with Crippen LogP contribution in [-0.4, -0.2) is 18.9 Å². The third-order valence-electron chi connectivity index (χ3n) is 3.74. The first-order valence-electron chi connectivity index (χ1n) is 7.34. The third kappa shape index (κ3) is 4.48. The summed E-state index contributed by atoms with van der Waals surface area (Å²) in [6, 6.07) is 5.22. The van der Waals surface area contributed by atoms with Crippen molar-refractivity contribution in [3.63, 3.8) is 0 Å². The lowest BCUT2D eigenvalue weighted by atomic mass is 10.0. The van der Waals surface area contributed by atoms with Crippen LogP contribution in [0.3, 0.4) is 0 Å². The van der Waals surface area contributed by atoms with Crippen molar-refractivity contribution in [1.82, 2.24) is 0 Å². The molecule has 1 aliphatic carbocycles. The van der Waals surface area contributed by atoms with E-state index in [0.29, 0.717) is 29.5 Å². The van der Waals surface area contributed by atoms with E-state index < -0.39 is 0 Å². The van der Waals surface area contributed by atoms with Crippen LogP contribution in [-0.2, 0) is 9.59 Å². The Labute approximate surface area is 125 Å². The molecule has 0 spiro atoms. The van der Waals surface area contributed by atoms with E-state index in [1.165, 1.54) is 19.8 Å². The molecule has 0 aromatic heterocycles. The molecule has 1 fully saturated rings. The molecule has 0 heterocycles. The van der Waals surface area contributed by atoms with Crippen molar-refractivity contribution in [1.29, 1.82) is 0 Å².